The fourth-order valence-electron chi connectivity index (χ4n) is 1.51. The molecule has 0 saturated carbocycles. The van der Waals surface area contributed by atoms with Crippen molar-refractivity contribution in [1.29, 1.82) is 0 Å². The zero-order chi connectivity index (χ0) is 14.1. The number of aromatic carboxylic acids is 1. The molecule has 2 aromatic carbocycles. The molecule has 0 bridgehead atoms. The second kappa shape index (κ2) is 10.4. The minimum Gasteiger partial charge on any atom is -0.478 e. The van der Waals surface area contributed by atoms with Gasteiger partial charge in [0.1, 0.15) is 0 Å². The number of hydrogen-bond donors (Lipinski definition) is 1. The van der Waals surface area contributed by atoms with Gasteiger partial charge in [0.2, 0.25) is 0 Å². The van der Waals surface area contributed by atoms with E-state index in [0.29, 0.717) is 11.1 Å². The SMILES string of the molecule is CCc1ccccc1[C-]=O.O=C(O)c1ccccc1.[Na+]. The monoisotopic (exact) mass is 278 g/mol. The van der Waals surface area contributed by atoms with Gasteiger partial charge in [0.25, 0.3) is 0 Å². The molecule has 2 rings (SSSR count). The Balaban J connectivity index is 0.000000345. The van der Waals surface area contributed by atoms with Gasteiger partial charge in [0.05, 0.1) is 11.8 Å². The van der Waals surface area contributed by atoms with Crippen molar-refractivity contribution in [3.05, 3.63) is 71.3 Å². The van der Waals surface area contributed by atoms with Crippen molar-refractivity contribution in [2.45, 2.75) is 13.3 Å². The number of hydrogen-bond acceptors (Lipinski definition) is 2. The van der Waals surface area contributed by atoms with Crippen LogP contribution in [0.25, 0.3) is 0 Å². The minimum atomic E-state index is -0.879. The summed E-state index contributed by atoms with van der Waals surface area (Å²) >= 11 is 0. The molecule has 4 heteroatoms. The maximum absolute atomic E-state index is 10.3. The Hall–Kier alpha value is -1.42. The Morgan fingerprint density at radius 3 is 2.00 bits per heavy atom. The van der Waals surface area contributed by atoms with Crippen molar-refractivity contribution >= 4 is 12.3 Å². The van der Waals surface area contributed by atoms with E-state index in [0.717, 1.165) is 12.0 Å². The van der Waals surface area contributed by atoms with Crippen LogP contribution in [-0.4, -0.2) is 17.4 Å². The Kier molecular flexibility index (Phi) is 9.64. The van der Waals surface area contributed by atoms with Gasteiger partial charge in [-0.05, 0) is 12.1 Å². The summed E-state index contributed by atoms with van der Waals surface area (Å²) in [5.41, 5.74) is 2.08. The summed E-state index contributed by atoms with van der Waals surface area (Å²) in [4.78, 5) is 20.5. The third-order valence-corrected chi connectivity index (χ3v) is 2.53. The van der Waals surface area contributed by atoms with Crippen LogP contribution in [0.3, 0.4) is 0 Å². The zero-order valence-corrected chi connectivity index (χ0v) is 13.7. The molecule has 20 heavy (non-hydrogen) atoms. The van der Waals surface area contributed by atoms with Crippen LogP contribution < -0.4 is 29.6 Å². The molecular formula is C16H15NaO3. The molecule has 3 nitrogen and oxygen atoms in total. The van der Waals surface area contributed by atoms with Crippen molar-refractivity contribution in [3.8, 4) is 0 Å². The molecule has 0 aliphatic carbocycles. The van der Waals surface area contributed by atoms with Crippen LogP contribution in [-0.2, 0) is 11.2 Å². The second-order valence-corrected chi connectivity index (χ2v) is 3.78. The predicted octanol–water partition coefficient (Wildman–Crippen LogP) is 0.0956. The zero-order valence-electron chi connectivity index (χ0n) is 11.7. The largest absolute Gasteiger partial charge is 1.00 e. The molecule has 0 atom stereocenters. The summed E-state index contributed by atoms with van der Waals surface area (Å²) in [6.45, 7) is 2.02. The van der Waals surface area contributed by atoms with E-state index in [2.05, 4.69) is 0 Å². The van der Waals surface area contributed by atoms with Crippen molar-refractivity contribution in [1.82, 2.24) is 0 Å². The van der Waals surface area contributed by atoms with Gasteiger partial charge in [-0.15, -0.1) is 23.3 Å². The van der Waals surface area contributed by atoms with E-state index < -0.39 is 5.97 Å². The van der Waals surface area contributed by atoms with Crippen LogP contribution in [0.1, 0.15) is 28.4 Å². The van der Waals surface area contributed by atoms with E-state index in [1.807, 2.05) is 31.4 Å². The Morgan fingerprint density at radius 2 is 1.60 bits per heavy atom. The van der Waals surface area contributed by atoms with Gasteiger partial charge >= 0.3 is 35.5 Å². The van der Waals surface area contributed by atoms with Gasteiger partial charge in [-0.3, -0.25) is 0 Å². The first-order valence-electron chi connectivity index (χ1n) is 5.93. The first-order valence-corrected chi connectivity index (χ1v) is 5.93. The van der Waals surface area contributed by atoms with E-state index in [1.54, 1.807) is 36.4 Å². The molecule has 0 aromatic heterocycles. The third kappa shape index (κ3) is 6.15. The first-order chi connectivity index (χ1) is 9.19. The molecule has 0 fully saturated rings. The maximum Gasteiger partial charge on any atom is 1.00 e. The quantitative estimate of drug-likeness (QED) is 0.640. The number of aryl methyl sites for hydroxylation is 1. The summed E-state index contributed by atoms with van der Waals surface area (Å²) in [6, 6.07) is 15.8. The molecule has 2 aromatic rings. The van der Waals surface area contributed by atoms with E-state index in [9.17, 15) is 9.59 Å². The molecule has 0 aliphatic rings. The average molecular weight is 278 g/mol. The molecule has 0 unspecified atom stereocenters. The second-order valence-electron chi connectivity index (χ2n) is 3.78. The summed E-state index contributed by atoms with van der Waals surface area (Å²) in [6.07, 6.45) is 2.79. The normalized spacial score (nSPS) is 8.65. The summed E-state index contributed by atoms with van der Waals surface area (Å²) in [5.74, 6) is -0.879. The minimum absolute atomic E-state index is 0. The molecule has 0 heterocycles. The van der Waals surface area contributed by atoms with Gasteiger partial charge in [0.15, 0.2) is 0 Å². The Labute approximate surface area is 140 Å². The van der Waals surface area contributed by atoms with Crippen LogP contribution >= 0.6 is 0 Å². The predicted molar refractivity (Wildman–Crippen MR) is 74.0 cm³/mol. The standard InChI is InChI=1S/C9H9O.C7H6O2.Na/c1-2-8-5-3-4-6-9(8)7-10;8-7(9)6-4-2-1-3-5-6;/h3-6H,2H2,1H3;1-5H,(H,8,9);/q-1;;+1. The molecule has 0 saturated heterocycles. The van der Waals surface area contributed by atoms with Gasteiger partial charge in [-0.1, -0.05) is 37.6 Å². The fourth-order valence-corrected chi connectivity index (χ4v) is 1.51. The maximum atomic E-state index is 10.3. The summed E-state index contributed by atoms with van der Waals surface area (Å²) < 4.78 is 0. The number of rotatable bonds is 3. The van der Waals surface area contributed by atoms with E-state index >= 15 is 0 Å². The van der Waals surface area contributed by atoms with Crippen LogP contribution in [0, 0.1) is 0 Å². The van der Waals surface area contributed by atoms with E-state index in [1.165, 1.54) is 0 Å². The number of carboxylic acids is 1. The van der Waals surface area contributed by atoms with Crippen molar-refractivity contribution in [2.24, 2.45) is 0 Å². The Bertz CT molecular complexity index is 538. The van der Waals surface area contributed by atoms with Crippen molar-refractivity contribution < 1.29 is 44.3 Å². The van der Waals surface area contributed by atoms with E-state index in [-0.39, 0.29) is 29.6 Å². The number of carbonyl (C=O) groups is 1. The third-order valence-electron chi connectivity index (χ3n) is 2.53. The average Bonchev–Trinajstić information content (AvgIpc) is 2.48. The molecule has 0 spiro atoms. The smallest absolute Gasteiger partial charge is 0.478 e. The van der Waals surface area contributed by atoms with Crippen LogP contribution in [0.15, 0.2) is 54.6 Å². The summed E-state index contributed by atoms with van der Waals surface area (Å²) in [7, 11) is 0. The topological polar surface area (TPSA) is 54.4 Å². The van der Waals surface area contributed by atoms with Crippen molar-refractivity contribution in [3.63, 3.8) is 0 Å². The first kappa shape index (κ1) is 18.6. The van der Waals surface area contributed by atoms with Crippen LogP contribution in [0.5, 0.6) is 0 Å². The van der Waals surface area contributed by atoms with Gasteiger partial charge < -0.3 is 9.90 Å². The molecule has 98 valence electrons. The molecule has 0 aliphatic heterocycles. The van der Waals surface area contributed by atoms with Gasteiger partial charge in [-0.25, -0.2) is 4.79 Å². The fraction of sp³-hybridized carbons (Fsp3) is 0.125. The Morgan fingerprint density at radius 1 is 1.05 bits per heavy atom. The van der Waals surface area contributed by atoms with Gasteiger partial charge in [-0.2, -0.15) is 6.07 Å². The molecular weight excluding hydrogens is 263 g/mol. The number of carbonyl (C=O) groups excluding carboxylic acids is 1. The number of benzene rings is 2. The van der Waals surface area contributed by atoms with Crippen molar-refractivity contribution in [2.75, 3.05) is 0 Å². The molecule has 0 radical (unpaired) electrons. The van der Waals surface area contributed by atoms with Crippen LogP contribution in [0.4, 0.5) is 0 Å². The van der Waals surface area contributed by atoms with E-state index in [4.69, 9.17) is 5.11 Å². The summed E-state index contributed by atoms with van der Waals surface area (Å²) in [5, 5.41) is 8.38. The molecule has 0 amide bonds. The van der Waals surface area contributed by atoms with Gasteiger partial charge in [0, 0.05) is 0 Å². The molecule has 1 N–H and O–H groups in total. The van der Waals surface area contributed by atoms with Crippen LogP contribution in [0.2, 0.25) is 0 Å². The number of carboxylic acid groups (broad SMARTS) is 1.